The van der Waals surface area contributed by atoms with Crippen LogP contribution in [-0.4, -0.2) is 27.8 Å². The lowest BCUT2D eigenvalue weighted by atomic mass is 9.91. The van der Waals surface area contributed by atoms with E-state index in [9.17, 15) is 9.18 Å². The van der Waals surface area contributed by atoms with E-state index in [-0.39, 0.29) is 28.1 Å². The average Bonchev–Trinajstić information content (AvgIpc) is 3.10. The van der Waals surface area contributed by atoms with Gasteiger partial charge in [0.25, 0.3) is 5.91 Å². The van der Waals surface area contributed by atoms with E-state index in [4.69, 9.17) is 11.6 Å². The van der Waals surface area contributed by atoms with E-state index >= 15 is 0 Å². The van der Waals surface area contributed by atoms with Crippen molar-refractivity contribution < 1.29 is 9.18 Å². The Hall–Kier alpha value is -1.92. The summed E-state index contributed by atoms with van der Waals surface area (Å²) in [7, 11) is 0. The first-order valence-corrected chi connectivity index (χ1v) is 10.1. The summed E-state index contributed by atoms with van der Waals surface area (Å²) in [5.41, 5.74) is 1.43. The highest BCUT2D eigenvalue weighted by molar-refractivity contribution is 6.31. The fourth-order valence-electron chi connectivity index (χ4n) is 3.48. The van der Waals surface area contributed by atoms with Gasteiger partial charge >= 0.3 is 0 Å². The Bertz CT molecular complexity index is 802. The zero-order chi connectivity index (χ0) is 20.3. The van der Waals surface area contributed by atoms with Crippen molar-refractivity contribution >= 4 is 17.5 Å². The van der Waals surface area contributed by atoms with Crippen molar-refractivity contribution in [2.24, 2.45) is 0 Å². The molecule has 0 aliphatic heterocycles. The van der Waals surface area contributed by atoms with Crippen molar-refractivity contribution in [2.45, 2.75) is 70.6 Å². The molecule has 5 nitrogen and oxygen atoms in total. The number of rotatable bonds is 5. The molecule has 3 rings (SSSR count). The molecule has 2 aromatic rings. The second kappa shape index (κ2) is 8.62. The molecule has 1 heterocycles. The van der Waals surface area contributed by atoms with Gasteiger partial charge in [-0.1, -0.05) is 11.6 Å². The molecule has 1 fully saturated rings. The molecule has 1 amide bonds. The van der Waals surface area contributed by atoms with E-state index in [1.807, 2.05) is 10.9 Å². The van der Waals surface area contributed by atoms with Crippen LogP contribution in [0.4, 0.5) is 4.39 Å². The van der Waals surface area contributed by atoms with Crippen molar-refractivity contribution in [1.82, 2.24) is 20.4 Å². The second-order valence-electron chi connectivity index (χ2n) is 8.53. The molecular formula is C21H28ClFN4O. The van der Waals surface area contributed by atoms with Gasteiger partial charge in [0.1, 0.15) is 5.82 Å². The maximum absolute atomic E-state index is 13.4. The monoisotopic (exact) mass is 406 g/mol. The minimum absolute atomic E-state index is 0.0135. The Labute approximate surface area is 170 Å². The third-order valence-electron chi connectivity index (χ3n) is 5.11. The Balaban J connectivity index is 1.44. The van der Waals surface area contributed by atoms with E-state index in [0.717, 1.165) is 32.2 Å². The molecule has 1 saturated carbocycles. The Morgan fingerprint density at radius 2 is 1.89 bits per heavy atom. The van der Waals surface area contributed by atoms with Gasteiger partial charge < -0.3 is 10.6 Å². The summed E-state index contributed by atoms with van der Waals surface area (Å²) in [6, 6.07) is 4.43. The maximum Gasteiger partial charge on any atom is 0.251 e. The molecule has 0 atom stereocenters. The molecule has 28 heavy (non-hydrogen) atoms. The predicted octanol–water partition coefficient (Wildman–Crippen LogP) is 4.26. The normalized spacial score (nSPS) is 20.2. The molecule has 0 spiro atoms. The minimum atomic E-state index is -0.500. The molecule has 1 aromatic carbocycles. The van der Waals surface area contributed by atoms with Gasteiger partial charge in [-0.2, -0.15) is 5.10 Å². The maximum atomic E-state index is 13.4. The molecule has 152 valence electrons. The van der Waals surface area contributed by atoms with E-state index in [1.165, 1.54) is 23.8 Å². The summed E-state index contributed by atoms with van der Waals surface area (Å²) in [6.45, 7) is 7.18. The van der Waals surface area contributed by atoms with Crippen molar-refractivity contribution in [3.8, 4) is 0 Å². The zero-order valence-corrected chi connectivity index (χ0v) is 17.4. The van der Waals surface area contributed by atoms with E-state index in [0.29, 0.717) is 6.04 Å². The van der Waals surface area contributed by atoms with Crippen molar-refractivity contribution in [1.29, 1.82) is 0 Å². The molecular weight excluding hydrogens is 379 g/mol. The number of carbonyl (C=O) groups is 1. The molecule has 2 N–H and O–H groups in total. The minimum Gasteiger partial charge on any atom is -0.349 e. The first-order chi connectivity index (χ1) is 13.2. The number of nitrogens with zero attached hydrogens (tertiary/aromatic N) is 2. The summed E-state index contributed by atoms with van der Waals surface area (Å²) in [4.78, 5) is 12.3. The summed E-state index contributed by atoms with van der Waals surface area (Å²) >= 11 is 5.83. The molecule has 1 aliphatic rings. The van der Waals surface area contributed by atoms with Crippen LogP contribution in [0.2, 0.25) is 5.02 Å². The summed E-state index contributed by atoms with van der Waals surface area (Å²) < 4.78 is 15.4. The summed E-state index contributed by atoms with van der Waals surface area (Å²) in [5.74, 6) is -0.771. The van der Waals surface area contributed by atoms with Crippen LogP contribution in [0.15, 0.2) is 30.6 Å². The number of aromatic nitrogens is 2. The smallest absolute Gasteiger partial charge is 0.251 e. The Morgan fingerprint density at radius 1 is 1.21 bits per heavy atom. The third-order valence-corrected chi connectivity index (χ3v) is 5.32. The van der Waals surface area contributed by atoms with Crippen LogP contribution in [0.1, 0.15) is 62.4 Å². The SMILES string of the molecule is CC(C)(C)n1cc(CNC2CCC(NC(=O)c3cc(F)cc(Cl)c3)CC2)cn1. The van der Waals surface area contributed by atoms with Gasteiger partial charge in [-0.15, -0.1) is 0 Å². The first-order valence-electron chi connectivity index (χ1n) is 9.75. The van der Waals surface area contributed by atoms with Crippen molar-refractivity contribution in [3.05, 3.63) is 52.6 Å². The van der Waals surface area contributed by atoms with E-state index in [1.54, 1.807) is 0 Å². The molecule has 0 radical (unpaired) electrons. The number of benzene rings is 1. The molecule has 1 aliphatic carbocycles. The Kier molecular flexibility index (Phi) is 6.40. The van der Waals surface area contributed by atoms with Crippen LogP contribution in [0.5, 0.6) is 0 Å². The van der Waals surface area contributed by atoms with Crippen molar-refractivity contribution in [2.75, 3.05) is 0 Å². The summed E-state index contributed by atoms with van der Waals surface area (Å²) in [6.07, 6.45) is 7.77. The summed E-state index contributed by atoms with van der Waals surface area (Å²) in [5, 5.41) is 11.2. The van der Waals surface area contributed by atoms with Gasteiger partial charge in [0.2, 0.25) is 0 Å². The molecule has 0 saturated heterocycles. The lowest BCUT2D eigenvalue weighted by molar-refractivity contribution is 0.0923. The number of carbonyl (C=O) groups excluding carboxylic acids is 1. The number of hydrogen-bond donors (Lipinski definition) is 2. The third kappa shape index (κ3) is 5.55. The standard InChI is InChI=1S/C21H28ClFN4O/c1-21(2,3)27-13-14(12-25-27)11-24-18-4-6-19(7-5-18)26-20(28)15-8-16(22)10-17(23)9-15/h8-10,12-13,18-19,24H,4-7,11H2,1-3H3,(H,26,28). The van der Waals surface area contributed by atoms with Crippen LogP contribution in [-0.2, 0) is 12.1 Å². The number of nitrogens with one attached hydrogen (secondary N) is 2. The highest BCUT2D eigenvalue weighted by atomic mass is 35.5. The lowest BCUT2D eigenvalue weighted by Gasteiger charge is -2.29. The van der Waals surface area contributed by atoms with Gasteiger partial charge in [0.05, 0.1) is 11.7 Å². The largest absolute Gasteiger partial charge is 0.349 e. The van der Waals surface area contributed by atoms with Gasteiger partial charge in [-0.25, -0.2) is 4.39 Å². The second-order valence-corrected chi connectivity index (χ2v) is 8.96. The van der Waals surface area contributed by atoms with Crippen LogP contribution in [0.25, 0.3) is 0 Å². The lowest BCUT2D eigenvalue weighted by Crippen LogP contribution is -2.42. The topological polar surface area (TPSA) is 59.0 Å². The highest BCUT2D eigenvalue weighted by Crippen LogP contribution is 2.21. The molecule has 0 bridgehead atoms. The van der Waals surface area contributed by atoms with Gasteiger partial charge in [0.15, 0.2) is 0 Å². The number of halogens is 2. The molecule has 1 aromatic heterocycles. The van der Waals surface area contributed by atoms with Gasteiger partial charge in [-0.3, -0.25) is 9.48 Å². The fourth-order valence-corrected chi connectivity index (χ4v) is 3.70. The fraction of sp³-hybridized carbons (Fsp3) is 0.524. The van der Waals surface area contributed by atoms with Crippen LogP contribution in [0.3, 0.4) is 0 Å². The molecule has 0 unspecified atom stereocenters. The van der Waals surface area contributed by atoms with E-state index < -0.39 is 5.82 Å². The van der Waals surface area contributed by atoms with E-state index in [2.05, 4.69) is 42.7 Å². The van der Waals surface area contributed by atoms with Crippen LogP contribution in [0, 0.1) is 5.82 Å². The Morgan fingerprint density at radius 3 is 2.50 bits per heavy atom. The predicted molar refractivity (Wildman–Crippen MR) is 109 cm³/mol. The number of hydrogen-bond acceptors (Lipinski definition) is 3. The quantitative estimate of drug-likeness (QED) is 0.779. The zero-order valence-electron chi connectivity index (χ0n) is 16.6. The number of amides is 1. The average molecular weight is 407 g/mol. The first kappa shape index (κ1) is 20.8. The van der Waals surface area contributed by atoms with Gasteiger partial charge in [-0.05, 0) is 64.7 Å². The van der Waals surface area contributed by atoms with Crippen LogP contribution >= 0.6 is 11.6 Å². The van der Waals surface area contributed by atoms with Crippen LogP contribution < -0.4 is 10.6 Å². The highest BCUT2D eigenvalue weighted by Gasteiger charge is 2.23. The molecule has 7 heteroatoms. The van der Waals surface area contributed by atoms with Gasteiger partial charge in [0, 0.05) is 41.0 Å². The van der Waals surface area contributed by atoms with Crippen molar-refractivity contribution in [3.63, 3.8) is 0 Å².